The molecule has 0 aromatic carbocycles. The zero-order valence-electron chi connectivity index (χ0n) is 10.8. The SMILES string of the molecule is c1coc(CN(Cc2nc(C3CC3)no2)C2CC2)c1. The second-order valence-electron chi connectivity index (χ2n) is 5.54. The van der Waals surface area contributed by atoms with Gasteiger partial charge in [0.15, 0.2) is 5.82 Å². The molecule has 2 saturated carbocycles. The molecule has 5 heteroatoms. The maximum atomic E-state index is 5.42. The minimum absolute atomic E-state index is 0.553. The summed E-state index contributed by atoms with van der Waals surface area (Å²) in [6.45, 7) is 1.55. The molecule has 0 unspecified atom stereocenters. The normalized spacial score (nSPS) is 19.2. The predicted molar refractivity (Wildman–Crippen MR) is 67.3 cm³/mol. The van der Waals surface area contributed by atoms with Gasteiger partial charge in [0.2, 0.25) is 5.89 Å². The van der Waals surface area contributed by atoms with E-state index in [1.807, 2.05) is 12.1 Å². The van der Waals surface area contributed by atoms with Crippen molar-refractivity contribution in [2.45, 2.75) is 50.7 Å². The average Bonchev–Trinajstić information content (AvgIpc) is 3.34. The van der Waals surface area contributed by atoms with Crippen LogP contribution in [0.2, 0.25) is 0 Å². The highest BCUT2D eigenvalue weighted by Gasteiger charge is 2.32. The predicted octanol–water partition coefficient (Wildman–Crippen LogP) is 2.70. The minimum atomic E-state index is 0.553. The second-order valence-corrected chi connectivity index (χ2v) is 5.54. The Labute approximate surface area is 111 Å². The fourth-order valence-electron chi connectivity index (χ4n) is 2.37. The van der Waals surface area contributed by atoms with Crippen LogP contribution in [0.1, 0.15) is 49.1 Å². The average molecular weight is 259 g/mol. The highest BCUT2D eigenvalue weighted by Crippen LogP contribution is 2.38. The van der Waals surface area contributed by atoms with E-state index >= 15 is 0 Å². The number of hydrogen-bond donors (Lipinski definition) is 0. The summed E-state index contributed by atoms with van der Waals surface area (Å²) < 4.78 is 10.8. The molecular formula is C14H17N3O2. The van der Waals surface area contributed by atoms with E-state index in [0.29, 0.717) is 12.0 Å². The monoisotopic (exact) mass is 259 g/mol. The Morgan fingerprint density at radius 2 is 2.11 bits per heavy atom. The number of aromatic nitrogens is 2. The second kappa shape index (κ2) is 4.49. The van der Waals surface area contributed by atoms with Crippen LogP contribution in [0, 0.1) is 0 Å². The molecule has 2 fully saturated rings. The zero-order chi connectivity index (χ0) is 12.7. The van der Waals surface area contributed by atoms with Gasteiger partial charge >= 0.3 is 0 Å². The summed E-state index contributed by atoms with van der Waals surface area (Å²) >= 11 is 0. The first-order chi connectivity index (χ1) is 9.38. The van der Waals surface area contributed by atoms with Crippen molar-refractivity contribution >= 4 is 0 Å². The Morgan fingerprint density at radius 1 is 1.21 bits per heavy atom. The van der Waals surface area contributed by atoms with E-state index in [9.17, 15) is 0 Å². The van der Waals surface area contributed by atoms with Crippen molar-refractivity contribution in [2.24, 2.45) is 0 Å². The Hall–Kier alpha value is -1.62. The molecule has 0 saturated heterocycles. The van der Waals surface area contributed by atoms with Gasteiger partial charge in [-0.1, -0.05) is 5.16 Å². The molecule has 2 aromatic rings. The molecule has 2 aliphatic carbocycles. The molecule has 0 amide bonds. The van der Waals surface area contributed by atoms with E-state index in [1.54, 1.807) is 6.26 Å². The number of hydrogen-bond acceptors (Lipinski definition) is 5. The summed E-state index contributed by atoms with van der Waals surface area (Å²) in [6, 6.07) is 4.58. The van der Waals surface area contributed by atoms with Crippen LogP contribution >= 0.6 is 0 Å². The Bertz CT molecular complexity index is 541. The molecule has 4 rings (SSSR count). The van der Waals surface area contributed by atoms with Gasteiger partial charge in [-0.25, -0.2) is 0 Å². The van der Waals surface area contributed by atoms with Crippen LogP contribution in [0.5, 0.6) is 0 Å². The van der Waals surface area contributed by atoms with E-state index in [0.717, 1.165) is 30.6 Å². The quantitative estimate of drug-likeness (QED) is 0.798. The van der Waals surface area contributed by atoms with E-state index in [1.165, 1.54) is 25.7 Å². The molecule has 0 atom stereocenters. The third-order valence-corrected chi connectivity index (χ3v) is 3.77. The summed E-state index contributed by atoms with van der Waals surface area (Å²) in [5, 5.41) is 4.07. The lowest BCUT2D eigenvalue weighted by atomic mass is 10.3. The lowest BCUT2D eigenvalue weighted by Gasteiger charge is -2.18. The molecule has 100 valence electrons. The Kier molecular flexibility index (Phi) is 2.65. The first-order valence-corrected chi connectivity index (χ1v) is 6.97. The van der Waals surface area contributed by atoms with Gasteiger partial charge in [0.1, 0.15) is 5.76 Å². The third-order valence-electron chi connectivity index (χ3n) is 3.77. The Morgan fingerprint density at radius 3 is 2.79 bits per heavy atom. The highest BCUT2D eigenvalue weighted by atomic mass is 16.5. The topological polar surface area (TPSA) is 55.3 Å². The fourth-order valence-corrected chi connectivity index (χ4v) is 2.37. The largest absolute Gasteiger partial charge is 0.468 e. The minimum Gasteiger partial charge on any atom is -0.468 e. The molecule has 0 aliphatic heterocycles. The molecule has 2 heterocycles. The molecule has 2 aromatic heterocycles. The van der Waals surface area contributed by atoms with Gasteiger partial charge in [-0.2, -0.15) is 4.98 Å². The van der Waals surface area contributed by atoms with Crippen LogP contribution in [0.3, 0.4) is 0 Å². The van der Waals surface area contributed by atoms with Crippen LogP contribution in [0.4, 0.5) is 0 Å². The van der Waals surface area contributed by atoms with Crippen molar-refractivity contribution in [3.05, 3.63) is 35.9 Å². The number of furan rings is 1. The van der Waals surface area contributed by atoms with Crippen molar-refractivity contribution < 1.29 is 8.94 Å². The standard InChI is InChI=1S/C14H17N3O2/c1-2-12(18-7-1)8-17(11-5-6-11)9-13-15-14(16-19-13)10-3-4-10/h1-2,7,10-11H,3-6,8-9H2. The molecular weight excluding hydrogens is 242 g/mol. The van der Waals surface area contributed by atoms with E-state index in [-0.39, 0.29) is 0 Å². The van der Waals surface area contributed by atoms with E-state index < -0.39 is 0 Å². The zero-order valence-corrected chi connectivity index (χ0v) is 10.8. The lowest BCUT2D eigenvalue weighted by molar-refractivity contribution is 0.195. The van der Waals surface area contributed by atoms with Gasteiger partial charge in [-0.3, -0.25) is 4.90 Å². The van der Waals surface area contributed by atoms with Crippen LogP contribution in [-0.2, 0) is 13.1 Å². The first-order valence-electron chi connectivity index (χ1n) is 6.97. The summed E-state index contributed by atoms with van der Waals surface area (Å²) in [4.78, 5) is 6.87. The van der Waals surface area contributed by atoms with Crippen LogP contribution in [-0.4, -0.2) is 21.1 Å². The maximum absolute atomic E-state index is 5.42. The van der Waals surface area contributed by atoms with Gasteiger partial charge < -0.3 is 8.94 Å². The maximum Gasteiger partial charge on any atom is 0.240 e. The van der Waals surface area contributed by atoms with Crippen molar-refractivity contribution in [1.29, 1.82) is 0 Å². The smallest absolute Gasteiger partial charge is 0.240 e. The van der Waals surface area contributed by atoms with Gasteiger partial charge in [-0.15, -0.1) is 0 Å². The third kappa shape index (κ3) is 2.56. The van der Waals surface area contributed by atoms with Gasteiger partial charge in [0.25, 0.3) is 0 Å². The molecule has 2 aliphatic rings. The van der Waals surface area contributed by atoms with Crippen LogP contribution in [0.25, 0.3) is 0 Å². The van der Waals surface area contributed by atoms with Gasteiger partial charge in [-0.05, 0) is 37.8 Å². The van der Waals surface area contributed by atoms with Crippen molar-refractivity contribution in [1.82, 2.24) is 15.0 Å². The van der Waals surface area contributed by atoms with Crippen LogP contribution < -0.4 is 0 Å². The molecule has 0 radical (unpaired) electrons. The molecule has 0 bridgehead atoms. The first kappa shape index (κ1) is 11.2. The molecule has 0 spiro atoms. The van der Waals surface area contributed by atoms with Crippen LogP contribution in [0.15, 0.2) is 27.3 Å². The molecule has 5 nitrogen and oxygen atoms in total. The van der Waals surface area contributed by atoms with Crippen molar-refractivity contribution in [2.75, 3.05) is 0 Å². The summed E-state index contributed by atoms with van der Waals surface area (Å²) in [5.41, 5.74) is 0. The highest BCUT2D eigenvalue weighted by molar-refractivity contribution is 5.04. The van der Waals surface area contributed by atoms with Crippen molar-refractivity contribution in [3.63, 3.8) is 0 Å². The number of rotatable bonds is 6. The van der Waals surface area contributed by atoms with Gasteiger partial charge in [0.05, 0.1) is 19.4 Å². The number of nitrogens with zero attached hydrogens (tertiary/aromatic N) is 3. The lowest BCUT2D eigenvalue weighted by Crippen LogP contribution is -2.25. The fraction of sp³-hybridized carbons (Fsp3) is 0.571. The van der Waals surface area contributed by atoms with E-state index in [2.05, 4.69) is 15.0 Å². The summed E-state index contributed by atoms with van der Waals surface area (Å²) in [7, 11) is 0. The van der Waals surface area contributed by atoms with E-state index in [4.69, 9.17) is 8.94 Å². The molecule has 0 N–H and O–H groups in total. The molecule has 19 heavy (non-hydrogen) atoms. The summed E-state index contributed by atoms with van der Waals surface area (Å²) in [6.07, 6.45) is 6.64. The van der Waals surface area contributed by atoms with Gasteiger partial charge in [0, 0.05) is 12.0 Å². The Balaban J connectivity index is 1.44. The summed E-state index contributed by atoms with van der Waals surface area (Å²) in [5.74, 6) is 3.18. The van der Waals surface area contributed by atoms with Crippen molar-refractivity contribution in [3.8, 4) is 0 Å².